The Balaban J connectivity index is 2.40. The topological polar surface area (TPSA) is 108 Å². The van der Waals surface area contributed by atoms with Gasteiger partial charge >= 0.3 is 11.9 Å². The minimum atomic E-state index is -0.975. The second-order valence-corrected chi connectivity index (χ2v) is 6.78. The number of nitrogens with one attached hydrogen (secondary N) is 1. The molecule has 25 heavy (non-hydrogen) atoms. The average molecular weight is 350 g/mol. The van der Waals surface area contributed by atoms with Crippen LogP contribution in [0.1, 0.15) is 44.9 Å². The second-order valence-electron chi connectivity index (χ2n) is 6.78. The van der Waals surface area contributed by atoms with E-state index in [0.29, 0.717) is 11.1 Å². The van der Waals surface area contributed by atoms with Gasteiger partial charge in [-0.15, -0.1) is 0 Å². The minimum Gasteiger partial charge on any atom is -0.465 e. The first-order valence-electron chi connectivity index (χ1n) is 8.05. The Bertz CT molecular complexity index is 695. The summed E-state index contributed by atoms with van der Waals surface area (Å²) in [6, 6.07) is 2.58. The van der Waals surface area contributed by atoms with Crippen LogP contribution in [0.25, 0.3) is 0 Å². The molecule has 1 unspecified atom stereocenters. The van der Waals surface area contributed by atoms with Gasteiger partial charge in [-0.05, 0) is 45.2 Å². The number of nitro benzene ring substituents is 1. The average Bonchev–Trinajstić information content (AvgIpc) is 2.51. The van der Waals surface area contributed by atoms with E-state index in [4.69, 9.17) is 9.47 Å². The summed E-state index contributed by atoms with van der Waals surface area (Å²) < 4.78 is 10.4. The van der Waals surface area contributed by atoms with Gasteiger partial charge in [-0.2, -0.15) is 0 Å². The van der Waals surface area contributed by atoms with Crippen LogP contribution in [0, 0.1) is 10.1 Å². The van der Waals surface area contributed by atoms with E-state index in [0.717, 1.165) is 0 Å². The largest absolute Gasteiger partial charge is 0.465 e. The van der Waals surface area contributed by atoms with Gasteiger partial charge in [0.1, 0.15) is 17.7 Å². The van der Waals surface area contributed by atoms with Gasteiger partial charge in [0.25, 0.3) is 5.69 Å². The third-order valence-corrected chi connectivity index (χ3v) is 3.66. The van der Waals surface area contributed by atoms with E-state index < -0.39 is 34.5 Å². The van der Waals surface area contributed by atoms with Crippen LogP contribution in [0.5, 0.6) is 0 Å². The van der Waals surface area contributed by atoms with Crippen molar-refractivity contribution in [2.75, 3.05) is 6.61 Å². The van der Waals surface area contributed by atoms with E-state index >= 15 is 0 Å². The molecule has 8 heteroatoms. The first-order valence-corrected chi connectivity index (χ1v) is 8.05. The lowest BCUT2D eigenvalue weighted by molar-refractivity contribution is -0.385. The Hall–Kier alpha value is -2.48. The zero-order valence-corrected chi connectivity index (χ0v) is 14.7. The summed E-state index contributed by atoms with van der Waals surface area (Å²) >= 11 is 0. The van der Waals surface area contributed by atoms with Gasteiger partial charge in [0.05, 0.1) is 11.5 Å². The molecule has 1 heterocycles. The molecule has 1 N–H and O–H groups in total. The van der Waals surface area contributed by atoms with Gasteiger partial charge in [0, 0.05) is 12.1 Å². The Morgan fingerprint density at radius 3 is 2.56 bits per heavy atom. The fourth-order valence-electron chi connectivity index (χ4n) is 2.67. The number of hydrogen-bond acceptors (Lipinski definition) is 7. The Labute approximate surface area is 145 Å². The Kier molecular flexibility index (Phi) is 5.42. The van der Waals surface area contributed by atoms with E-state index in [9.17, 15) is 19.7 Å². The normalized spacial score (nSPS) is 19.7. The number of hydrogen-bond donors (Lipinski definition) is 1. The van der Waals surface area contributed by atoms with Crippen LogP contribution >= 0.6 is 0 Å². The van der Waals surface area contributed by atoms with Crippen LogP contribution in [0.15, 0.2) is 18.2 Å². The van der Waals surface area contributed by atoms with Gasteiger partial charge in [-0.25, -0.2) is 4.79 Å². The summed E-state index contributed by atoms with van der Waals surface area (Å²) in [5, 5.41) is 14.0. The first-order chi connectivity index (χ1) is 11.6. The van der Waals surface area contributed by atoms with Crippen molar-refractivity contribution < 1.29 is 24.0 Å². The molecule has 0 spiro atoms. The van der Waals surface area contributed by atoms with Crippen LogP contribution in [0.2, 0.25) is 0 Å². The lowest BCUT2D eigenvalue weighted by Crippen LogP contribution is -2.49. The van der Waals surface area contributed by atoms with Crippen molar-refractivity contribution in [3.63, 3.8) is 0 Å². The third kappa shape index (κ3) is 4.54. The maximum Gasteiger partial charge on any atom is 0.328 e. The SMILES string of the molecule is CCOC(=O)C1Cc2ccc([N+](=O)[O-])cc2[C@@H](C(=O)OC(C)(C)C)N1. The molecular formula is C17H22N2O6. The van der Waals surface area contributed by atoms with Gasteiger partial charge in [0.15, 0.2) is 0 Å². The van der Waals surface area contributed by atoms with E-state index in [-0.39, 0.29) is 18.7 Å². The fraction of sp³-hybridized carbons (Fsp3) is 0.529. The molecule has 0 aliphatic carbocycles. The lowest BCUT2D eigenvalue weighted by atomic mass is 9.89. The molecule has 0 fully saturated rings. The number of esters is 2. The van der Waals surface area contributed by atoms with Crippen LogP contribution in [0.4, 0.5) is 5.69 Å². The van der Waals surface area contributed by atoms with Crippen molar-refractivity contribution in [2.24, 2.45) is 0 Å². The molecule has 1 aromatic carbocycles. The predicted molar refractivity (Wildman–Crippen MR) is 88.9 cm³/mol. The Morgan fingerprint density at radius 1 is 1.32 bits per heavy atom. The van der Waals surface area contributed by atoms with Crippen molar-refractivity contribution >= 4 is 17.6 Å². The standard InChI is InChI=1S/C17H22N2O6/c1-5-24-15(20)13-8-10-6-7-11(19(22)23)9-12(10)14(18-13)16(21)25-17(2,3)4/h6-7,9,13-14,18H,5,8H2,1-4H3/t13?,14-/m0/s1. The summed E-state index contributed by atoms with van der Waals surface area (Å²) in [4.78, 5) is 35.2. The molecule has 2 rings (SSSR count). The first kappa shape index (κ1) is 18.9. The molecule has 0 saturated carbocycles. The van der Waals surface area contributed by atoms with E-state index in [1.807, 2.05) is 0 Å². The molecule has 1 aromatic rings. The number of non-ortho nitro benzene ring substituents is 1. The predicted octanol–water partition coefficient (Wildman–Crippen LogP) is 2.06. The molecule has 0 amide bonds. The van der Waals surface area contributed by atoms with Crippen LogP contribution in [-0.4, -0.2) is 35.1 Å². The number of carbonyl (C=O) groups is 2. The van der Waals surface area contributed by atoms with Gasteiger partial charge in [-0.1, -0.05) is 6.07 Å². The van der Waals surface area contributed by atoms with Crippen LogP contribution in [0.3, 0.4) is 0 Å². The molecule has 0 aromatic heterocycles. The highest BCUT2D eigenvalue weighted by Crippen LogP contribution is 2.31. The molecule has 0 bridgehead atoms. The molecule has 0 saturated heterocycles. The van der Waals surface area contributed by atoms with E-state index in [2.05, 4.69) is 5.32 Å². The van der Waals surface area contributed by atoms with Crippen molar-refractivity contribution in [1.29, 1.82) is 0 Å². The lowest BCUT2D eigenvalue weighted by Gasteiger charge is -2.32. The highest BCUT2D eigenvalue weighted by Gasteiger charge is 2.38. The number of carbonyl (C=O) groups excluding carboxylic acids is 2. The van der Waals surface area contributed by atoms with Crippen molar-refractivity contribution in [1.82, 2.24) is 5.32 Å². The van der Waals surface area contributed by atoms with Crippen molar-refractivity contribution in [3.8, 4) is 0 Å². The van der Waals surface area contributed by atoms with Gasteiger partial charge in [0.2, 0.25) is 0 Å². The number of ether oxygens (including phenoxy) is 2. The maximum absolute atomic E-state index is 12.6. The zero-order valence-electron chi connectivity index (χ0n) is 14.7. The smallest absolute Gasteiger partial charge is 0.328 e. The highest BCUT2D eigenvalue weighted by atomic mass is 16.6. The van der Waals surface area contributed by atoms with Gasteiger partial charge in [-0.3, -0.25) is 20.2 Å². The minimum absolute atomic E-state index is 0.122. The molecular weight excluding hydrogens is 328 g/mol. The summed E-state index contributed by atoms with van der Waals surface area (Å²) in [6.07, 6.45) is 0.283. The molecule has 1 aliphatic rings. The molecule has 136 valence electrons. The van der Waals surface area contributed by atoms with E-state index in [1.165, 1.54) is 12.1 Å². The third-order valence-electron chi connectivity index (χ3n) is 3.66. The van der Waals surface area contributed by atoms with Crippen LogP contribution in [-0.2, 0) is 25.5 Å². The molecule has 2 atom stereocenters. The molecule has 8 nitrogen and oxygen atoms in total. The Morgan fingerprint density at radius 2 is 2.00 bits per heavy atom. The molecule has 1 aliphatic heterocycles. The molecule has 0 radical (unpaired) electrons. The highest BCUT2D eigenvalue weighted by molar-refractivity contribution is 5.83. The maximum atomic E-state index is 12.6. The summed E-state index contributed by atoms with van der Waals surface area (Å²) in [6.45, 7) is 7.10. The van der Waals surface area contributed by atoms with Crippen molar-refractivity contribution in [3.05, 3.63) is 39.4 Å². The van der Waals surface area contributed by atoms with Crippen LogP contribution < -0.4 is 5.32 Å². The van der Waals surface area contributed by atoms with Crippen molar-refractivity contribution in [2.45, 2.75) is 51.8 Å². The number of benzene rings is 1. The fourth-order valence-corrected chi connectivity index (χ4v) is 2.67. The summed E-state index contributed by atoms with van der Waals surface area (Å²) in [5.74, 6) is -1.07. The van der Waals surface area contributed by atoms with Gasteiger partial charge < -0.3 is 9.47 Å². The summed E-state index contributed by atoms with van der Waals surface area (Å²) in [5.41, 5.74) is 0.280. The number of rotatable bonds is 4. The zero-order chi connectivity index (χ0) is 18.8. The number of fused-ring (bicyclic) bond motifs is 1. The van der Waals surface area contributed by atoms with E-state index in [1.54, 1.807) is 33.8 Å². The number of nitro groups is 1. The second kappa shape index (κ2) is 7.18. The quantitative estimate of drug-likeness (QED) is 0.503. The summed E-state index contributed by atoms with van der Waals surface area (Å²) in [7, 11) is 0. The monoisotopic (exact) mass is 350 g/mol. The number of nitrogens with zero attached hydrogens (tertiary/aromatic N) is 1.